The number of aromatic nitrogens is 1. The van der Waals surface area contributed by atoms with Gasteiger partial charge >= 0.3 is 0 Å². The highest BCUT2D eigenvalue weighted by Gasteiger charge is 2.13. The third-order valence-corrected chi connectivity index (χ3v) is 2.87. The largest absolute Gasteiger partial charge is 0.453 e. The Labute approximate surface area is 108 Å². The first-order valence-corrected chi connectivity index (χ1v) is 5.83. The van der Waals surface area contributed by atoms with Crippen molar-refractivity contribution < 1.29 is 13.6 Å². The van der Waals surface area contributed by atoms with Crippen molar-refractivity contribution in [2.75, 3.05) is 0 Å². The number of rotatable bonds is 3. The number of benzene rings is 1. The molecule has 0 amide bonds. The highest BCUT2D eigenvalue weighted by Crippen LogP contribution is 2.21. The Morgan fingerprint density at radius 1 is 1.16 bits per heavy atom. The molecule has 19 heavy (non-hydrogen) atoms. The lowest BCUT2D eigenvalue weighted by molar-refractivity contribution is 0.0968. The Hall–Kier alpha value is -2.49. The summed E-state index contributed by atoms with van der Waals surface area (Å²) in [4.78, 5) is 16.0. The van der Waals surface area contributed by atoms with Crippen molar-refractivity contribution in [2.24, 2.45) is 0 Å². The van der Waals surface area contributed by atoms with E-state index in [9.17, 15) is 9.18 Å². The molecule has 3 aromatic rings. The van der Waals surface area contributed by atoms with Gasteiger partial charge in [-0.2, -0.15) is 0 Å². The van der Waals surface area contributed by atoms with E-state index in [-0.39, 0.29) is 23.8 Å². The molecule has 0 radical (unpaired) electrons. The van der Waals surface area contributed by atoms with Gasteiger partial charge in [0.25, 0.3) is 0 Å². The first kappa shape index (κ1) is 11.6. The molecule has 2 heterocycles. The molecule has 2 aromatic heterocycles. The number of hydrogen-bond acceptors (Lipinski definition) is 3. The number of ketones is 1. The van der Waals surface area contributed by atoms with Crippen LogP contribution >= 0.6 is 0 Å². The van der Waals surface area contributed by atoms with E-state index in [4.69, 9.17) is 4.42 Å². The molecule has 0 spiro atoms. The average molecular weight is 255 g/mol. The number of pyridine rings is 1. The molecule has 0 bridgehead atoms. The summed E-state index contributed by atoms with van der Waals surface area (Å²) < 4.78 is 18.5. The van der Waals surface area contributed by atoms with E-state index in [1.165, 1.54) is 18.2 Å². The molecule has 3 nitrogen and oxygen atoms in total. The van der Waals surface area contributed by atoms with Crippen molar-refractivity contribution in [1.29, 1.82) is 0 Å². The Morgan fingerprint density at radius 2 is 1.95 bits per heavy atom. The molecule has 0 aliphatic heterocycles. The Kier molecular flexibility index (Phi) is 2.83. The number of fused-ring (bicyclic) bond motifs is 1. The fourth-order valence-corrected chi connectivity index (χ4v) is 1.92. The van der Waals surface area contributed by atoms with Crippen LogP contribution in [0, 0.1) is 5.82 Å². The standard InChI is InChI=1S/C15H10FNO2/c16-12-1-2-14-11(8-12)9-15(19-14)13(18)7-10-3-5-17-6-4-10/h1-6,8-9H,7H2. The van der Waals surface area contributed by atoms with E-state index < -0.39 is 0 Å². The highest BCUT2D eigenvalue weighted by molar-refractivity contribution is 5.98. The molecule has 94 valence electrons. The van der Waals surface area contributed by atoms with E-state index in [0.29, 0.717) is 11.0 Å². The minimum Gasteiger partial charge on any atom is -0.453 e. The van der Waals surface area contributed by atoms with Gasteiger partial charge < -0.3 is 4.42 Å². The van der Waals surface area contributed by atoms with E-state index in [1.807, 2.05) is 0 Å². The maximum atomic E-state index is 13.1. The zero-order valence-corrected chi connectivity index (χ0v) is 9.97. The van der Waals surface area contributed by atoms with E-state index in [0.717, 1.165) is 5.56 Å². The summed E-state index contributed by atoms with van der Waals surface area (Å²) in [5.41, 5.74) is 1.38. The molecular formula is C15H10FNO2. The van der Waals surface area contributed by atoms with Gasteiger partial charge in [0, 0.05) is 24.2 Å². The number of Topliss-reactive ketones (excluding diaryl/α,β-unsaturated/α-hetero) is 1. The van der Waals surface area contributed by atoms with E-state index in [1.54, 1.807) is 30.6 Å². The van der Waals surface area contributed by atoms with Crippen molar-refractivity contribution in [3.8, 4) is 0 Å². The van der Waals surface area contributed by atoms with Crippen molar-refractivity contribution in [1.82, 2.24) is 4.98 Å². The molecule has 0 N–H and O–H groups in total. The molecule has 0 aliphatic carbocycles. The monoisotopic (exact) mass is 255 g/mol. The number of furan rings is 1. The first-order valence-electron chi connectivity index (χ1n) is 5.83. The third kappa shape index (κ3) is 2.38. The van der Waals surface area contributed by atoms with Gasteiger partial charge in [0.2, 0.25) is 5.78 Å². The second-order valence-corrected chi connectivity index (χ2v) is 4.25. The number of carbonyl (C=O) groups is 1. The van der Waals surface area contributed by atoms with Gasteiger partial charge in [0.15, 0.2) is 5.76 Å². The predicted octanol–water partition coefficient (Wildman–Crippen LogP) is 3.39. The lowest BCUT2D eigenvalue weighted by atomic mass is 10.1. The summed E-state index contributed by atoms with van der Waals surface area (Å²) in [6, 6.07) is 9.31. The molecule has 3 rings (SSSR count). The Morgan fingerprint density at radius 3 is 2.74 bits per heavy atom. The maximum absolute atomic E-state index is 13.1. The zero-order chi connectivity index (χ0) is 13.2. The van der Waals surface area contributed by atoms with Gasteiger partial charge in [-0.1, -0.05) is 0 Å². The lowest BCUT2D eigenvalue weighted by Crippen LogP contribution is -2.01. The predicted molar refractivity (Wildman–Crippen MR) is 68.4 cm³/mol. The number of halogens is 1. The van der Waals surface area contributed by atoms with Gasteiger partial charge in [0.1, 0.15) is 11.4 Å². The van der Waals surface area contributed by atoms with Crippen LogP contribution in [0.25, 0.3) is 11.0 Å². The fraction of sp³-hybridized carbons (Fsp3) is 0.0667. The van der Waals surface area contributed by atoms with Crippen LogP contribution < -0.4 is 0 Å². The first-order chi connectivity index (χ1) is 9.22. The molecule has 0 unspecified atom stereocenters. The Bertz CT molecular complexity index is 734. The number of nitrogens with zero attached hydrogens (tertiary/aromatic N) is 1. The van der Waals surface area contributed by atoms with Crippen LogP contribution in [-0.4, -0.2) is 10.8 Å². The fourth-order valence-electron chi connectivity index (χ4n) is 1.92. The molecule has 0 saturated heterocycles. The van der Waals surface area contributed by atoms with Crippen LogP contribution in [0.4, 0.5) is 4.39 Å². The van der Waals surface area contributed by atoms with Crippen molar-refractivity contribution >= 4 is 16.8 Å². The van der Waals surface area contributed by atoms with Crippen LogP contribution in [0.5, 0.6) is 0 Å². The topological polar surface area (TPSA) is 43.1 Å². The van der Waals surface area contributed by atoms with Crippen molar-refractivity contribution in [3.05, 3.63) is 65.9 Å². The number of hydrogen-bond donors (Lipinski definition) is 0. The lowest BCUT2D eigenvalue weighted by Gasteiger charge is -1.97. The Balaban J connectivity index is 1.89. The zero-order valence-electron chi connectivity index (χ0n) is 9.97. The summed E-state index contributed by atoms with van der Waals surface area (Å²) in [6.45, 7) is 0. The summed E-state index contributed by atoms with van der Waals surface area (Å²) in [5.74, 6) is -0.235. The van der Waals surface area contributed by atoms with Crippen LogP contribution in [0.15, 0.2) is 53.2 Å². The van der Waals surface area contributed by atoms with Crippen LogP contribution in [0.2, 0.25) is 0 Å². The molecule has 0 atom stereocenters. The van der Waals surface area contributed by atoms with Crippen molar-refractivity contribution in [2.45, 2.75) is 6.42 Å². The van der Waals surface area contributed by atoms with Crippen LogP contribution in [-0.2, 0) is 6.42 Å². The van der Waals surface area contributed by atoms with Crippen LogP contribution in [0.3, 0.4) is 0 Å². The quantitative estimate of drug-likeness (QED) is 0.674. The minimum atomic E-state index is -0.346. The smallest absolute Gasteiger partial charge is 0.202 e. The SMILES string of the molecule is O=C(Cc1ccncc1)c1cc2cc(F)ccc2o1. The third-order valence-electron chi connectivity index (χ3n) is 2.87. The van der Waals surface area contributed by atoms with Gasteiger partial charge in [-0.25, -0.2) is 4.39 Å². The molecule has 1 aromatic carbocycles. The maximum Gasteiger partial charge on any atom is 0.202 e. The molecule has 0 fully saturated rings. The normalized spacial score (nSPS) is 10.8. The second kappa shape index (κ2) is 4.65. The number of carbonyl (C=O) groups excluding carboxylic acids is 1. The van der Waals surface area contributed by atoms with E-state index in [2.05, 4.69) is 4.98 Å². The molecular weight excluding hydrogens is 245 g/mol. The van der Waals surface area contributed by atoms with Crippen molar-refractivity contribution in [3.63, 3.8) is 0 Å². The molecule has 0 saturated carbocycles. The van der Waals surface area contributed by atoms with Gasteiger partial charge in [-0.05, 0) is 42.0 Å². The second-order valence-electron chi connectivity index (χ2n) is 4.25. The molecule has 4 heteroatoms. The summed E-state index contributed by atoms with van der Waals surface area (Å²) in [5, 5.41) is 0.595. The summed E-state index contributed by atoms with van der Waals surface area (Å²) in [7, 11) is 0. The minimum absolute atomic E-state index is 0.136. The highest BCUT2D eigenvalue weighted by atomic mass is 19.1. The van der Waals surface area contributed by atoms with E-state index >= 15 is 0 Å². The average Bonchev–Trinajstić information content (AvgIpc) is 2.83. The summed E-state index contributed by atoms with van der Waals surface area (Å²) >= 11 is 0. The summed E-state index contributed by atoms with van der Waals surface area (Å²) in [6.07, 6.45) is 3.51. The molecule has 0 aliphatic rings. The van der Waals surface area contributed by atoms with Gasteiger partial charge in [0.05, 0.1) is 0 Å². The van der Waals surface area contributed by atoms with Gasteiger partial charge in [-0.3, -0.25) is 9.78 Å². The van der Waals surface area contributed by atoms with Crippen LogP contribution in [0.1, 0.15) is 16.1 Å². The van der Waals surface area contributed by atoms with Gasteiger partial charge in [-0.15, -0.1) is 0 Å².